The quantitative estimate of drug-likeness (QED) is 0.666. The molecule has 3 aromatic rings. The lowest BCUT2D eigenvalue weighted by molar-refractivity contribution is -0.113. The van der Waals surface area contributed by atoms with Crippen LogP contribution in [0.4, 0.5) is 10.1 Å². The first-order chi connectivity index (χ1) is 12.6. The van der Waals surface area contributed by atoms with Crippen LogP contribution in [-0.4, -0.2) is 26.4 Å². The minimum Gasteiger partial charge on any atom is -0.323 e. The molecule has 5 nitrogen and oxygen atoms in total. The molecule has 26 heavy (non-hydrogen) atoms. The van der Waals surface area contributed by atoms with Gasteiger partial charge in [0.25, 0.3) is 0 Å². The molecule has 0 saturated heterocycles. The number of carbonyl (C=O) groups excluding carboxylic acids is 1. The zero-order valence-corrected chi connectivity index (χ0v) is 15.4. The van der Waals surface area contributed by atoms with Gasteiger partial charge in [-0.2, -0.15) is 0 Å². The van der Waals surface area contributed by atoms with E-state index in [1.165, 1.54) is 17.8 Å². The Bertz CT molecular complexity index is 911. The van der Waals surface area contributed by atoms with Crippen LogP contribution in [0.1, 0.15) is 18.3 Å². The van der Waals surface area contributed by atoms with E-state index in [9.17, 15) is 9.18 Å². The smallest absolute Gasteiger partial charge is 0.234 e. The molecule has 0 bridgehead atoms. The molecule has 7 heteroatoms. The number of aryl methyl sites for hydroxylation is 2. The fraction of sp³-hybridized carbons (Fsp3) is 0.211. The van der Waals surface area contributed by atoms with Gasteiger partial charge in [-0.1, -0.05) is 43.0 Å². The SMILES string of the molecule is CCc1nnc(SCC(=O)Nc2ccc(C)cc2F)n1-c1ccccc1. The van der Waals surface area contributed by atoms with Crippen LogP contribution in [0.15, 0.2) is 53.7 Å². The van der Waals surface area contributed by atoms with E-state index in [1.807, 2.05) is 41.8 Å². The number of benzene rings is 2. The number of thioether (sulfide) groups is 1. The minimum absolute atomic E-state index is 0.113. The summed E-state index contributed by atoms with van der Waals surface area (Å²) in [6.45, 7) is 3.80. The van der Waals surface area contributed by atoms with Crippen molar-refractivity contribution in [3.8, 4) is 5.69 Å². The summed E-state index contributed by atoms with van der Waals surface area (Å²) in [7, 11) is 0. The monoisotopic (exact) mass is 370 g/mol. The molecule has 1 amide bonds. The summed E-state index contributed by atoms with van der Waals surface area (Å²) in [5.41, 5.74) is 1.93. The standard InChI is InChI=1S/C19H19FN4OS/c1-3-17-22-23-19(24(17)14-7-5-4-6-8-14)26-12-18(25)21-16-10-9-13(2)11-15(16)20/h4-11H,3,12H2,1-2H3,(H,21,25). The summed E-state index contributed by atoms with van der Waals surface area (Å²) in [5.74, 6) is 0.202. The number of anilines is 1. The van der Waals surface area contributed by atoms with Gasteiger partial charge >= 0.3 is 0 Å². The zero-order valence-electron chi connectivity index (χ0n) is 14.6. The highest BCUT2D eigenvalue weighted by atomic mass is 32.2. The van der Waals surface area contributed by atoms with E-state index in [0.29, 0.717) is 5.16 Å². The van der Waals surface area contributed by atoms with Gasteiger partial charge in [-0.05, 0) is 36.8 Å². The molecule has 0 fully saturated rings. The number of hydrogen-bond acceptors (Lipinski definition) is 4. The molecular formula is C19H19FN4OS. The van der Waals surface area contributed by atoms with Crippen LogP contribution in [0.2, 0.25) is 0 Å². The molecule has 1 heterocycles. The molecule has 2 aromatic carbocycles. The summed E-state index contributed by atoms with van der Waals surface area (Å²) >= 11 is 1.27. The Morgan fingerprint density at radius 3 is 2.65 bits per heavy atom. The maximum absolute atomic E-state index is 13.9. The maximum atomic E-state index is 13.9. The molecule has 0 radical (unpaired) electrons. The zero-order chi connectivity index (χ0) is 18.5. The number of nitrogens with one attached hydrogen (secondary N) is 1. The van der Waals surface area contributed by atoms with Gasteiger partial charge < -0.3 is 5.32 Å². The summed E-state index contributed by atoms with van der Waals surface area (Å²) in [5, 5.41) is 11.6. The van der Waals surface area contributed by atoms with E-state index in [1.54, 1.807) is 19.1 Å². The molecule has 0 saturated carbocycles. The van der Waals surface area contributed by atoms with E-state index < -0.39 is 5.82 Å². The molecule has 134 valence electrons. The van der Waals surface area contributed by atoms with Crippen LogP contribution in [-0.2, 0) is 11.2 Å². The van der Waals surface area contributed by atoms with Gasteiger partial charge in [-0.3, -0.25) is 9.36 Å². The number of aromatic nitrogens is 3. The number of amides is 1. The number of para-hydroxylation sites is 1. The van der Waals surface area contributed by atoms with Crippen LogP contribution in [0.5, 0.6) is 0 Å². The van der Waals surface area contributed by atoms with E-state index in [2.05, 4.69) is 15.5 Å². The van der Waals surface area contributed by atoms with Gasteiger partial charge in [0.15, 0.2) is 5.16 Å². The van der Waals surface area contributed by atoms with E-state index in [4.69, 9.17) is 0 Å². The fourth-order valence-corrected chi connectivity index (χ4v) is 3.27. The minimum atomic E-state index is -0.441. The Balaban J connectivity index is 1.72. The van der Waals surface area contributed by atoms with Crippen molar-refractivity contribution in [1.29, 1.82) is 0 Å². The normalized spacial score (nSPS) is 10.7. The van der Waals surface area contributed by atoms with Crippen LogP contribution in [0.3, 0.4) is 0 Å². The summed E-state index contributed by atoms with van der Waals surface area (Å²) in [4.78, 5) is 12.2. The molecular weight excluding hydrogens is 351 g/mol. The number of nitrogens with zero attached hydrogens (tertiary/aromatic N) is 3. The molecule has 1 N–H and O–H groups in total. The summed E-state index contributed by atoms with van der Waals surface area (Å²) in [6.07, 6.45) is 0.725. The third-order valence-electron chi connectivity index (χ3n) is 3.76. The van der Waals surface area contributed by atoms with Crippen molar-refractivity contribution in [2.45, 2.75) is 25.4 Å². The van der Waals surface area contributed by atoms with Gasteiger partial charge in [0, 0.05) is 12.1 Å². The fourth-order valence-electron chi connectivity index (χ4n) is 2.50. The Hall–Kier alpha value is -2.67. The number of halogens is 1. The molecule has 0 atom stereocenters. The van der Waals surface area contributed by atoms with E-state index in [0.717, 1.165) is 23.5 Å². The van der Waals surface area contributed by atoms with Crippen molar-refractivity contribution in [2.24, 2.45) is 0 Å². The maximum Gasteiger partial charge on any atom is 0.234 e. The average molecular weight is 370 g/mol. The highest BCUT2D eigenvalue weighted by molar-refractivity contribution is 7.99. The van der Waals surface area contributed by atoms with Gasteiger partial charge in [-0.15, -0.1) is 10.2 Å². The topological polar surface area (TPSA) is 59.8 Å². The Kier molecular flexibility index (Phi) is 5.68. The van der Waals surface area contributed by atoms with Crippen LogP contribution < -0.4 is 5.32 Å². The predicted octanol–water partition coefficient (Wildman–Crippen LogP) is 4.01. The van der Waals surface area contributed by atoms with Crippen LogP contribution >= 0.6 is 11.8 Å². The lowest BCUT2D eigenvalue weighted by Crippen LogP contribution is -2.15. The van der Waals surface area contributed by atoms with Gasteiger partial charge in [0.2, 0.25) is 5.91 Å². The molecule has 0 unspecified atom stereocenters. The van der Waals surface area contributed by atoms with Gasteiger partial charge in [0.1, 0.15) is 11.6 Å². The van der Waals surface area contributed by atoms with Crippen LogP contribution in [0.25, 0.3) is 5.69 Å². The van der Waals surface area contributed by atoms with E-state index >= 15 is 0 Å². The molecule has 0 aliphatic heterocycles. The summed E-state index contributed by atoms with van der Waals surface area (Å²) < 4.78 is 15.8. The second-order valence-electron chi connectivity index (χ2n) is 5.74. The van der Waals surface area contributed by atoms with Crippen molar-refractivity contribution >= 4 is 23.4 Å². The molecule has 1 aromatic heterocycles. The third-order valence-corrected chi connectivity index (χ3v) is 4.69. The first-order valence-corrected chi connectivity index (χ1v) is 9.25. The predicted molar refractivity (Wildman–Crippen MR) is 101 cm³/mol. The highest BCUT2D eigenvalue weighted by Crippen LogP contribution is 2.23. The van der Waals surface area contributed by atoms with Crippen LogP contribution in [0, 0.1) is 12.7 Å². The lowest BCUT2D eigenvalue weighted by atomic mass is 10.2. The molecule has 0 aliphatic rings. The third kappa shape index (κ3) is 4.11. The molecule has 0 spiro atoms. The van der Waals surface area contributed by atoms with Gasteiger partial charge in [-0.25, -0.2) is 4.39 Å². The Labute approximate surface area is 155 Å². The summed E-state index contributed by atoms with van der Waals surface area (Å²) in [6, 6.07) is 14.5. The lowest BCUT2D eigenvalue weighted by Gasteiger charge is -2.10. The van der Waals surface area contributed by atoms with E-state index in [-0.39, 0.29) is 17.3 Å². The van der Waals surface area contributed by atoms with Crippen molar-refractivity contribution < 1.29 is 9.18 Å². The largest absolute Gasteiger partial charge is 0.323 e. The van der Waals surface area contributed by atoms with Gasteiger partial charge in [0.05, 0.1) is 11.4 Å². The van der Waals surface area contributed by atoms with Crippen molar-refractivity contribution in [2.75, 3.05) is 11.1 Å². The first-order valence-electron chi connectivity index (χ1n) is 8.27. The number of carbonyl (C=O) groups is 1. The number of hydrogen-bond donors (Lipinski definition) is 1. The second-order valence-corrected chi connectivity index (χ2v) is 6.69. The van der Waals surface area contributed by atoms with Crippen molar-refractivity contribution in [1.82, 2.24) is 14.8 Å². The molecule has 3 rings (SSSR count). The average Bonchev–Trinajstić information content (AvgIpc) is 3.06. The number of rotatable bonds is 6. The Morgan fingerprint density at radius 1 is 1.19 bits per heavy atom. The van der Waals surface area contributed by atoms with Crippen molar-refractivity contribution in [3.63, 3.8) is 0 Å². The highest BCUT2D eigenvalue weighted by Gasteiger charge is 2.15. The second kappa shape index (κ2) is 8.14. The Morgan fingerprint density at radius 2 is 1.96 bits per heavy atom. The van der Waals surface area contributed by atoms with Crippen molar-refractivity contribution in [3.05, 3.63) is 65.7 Å². The first kappa shape index (κ1) is 18.1. The molecule has 0 aliphatic carbocycles.